The first-order valence-corrected chi connectivity index (χ1v) is 7.82. The molecule has 0 radical (unpaired) electrons. The third-order valence-electron chi connectivity index (χ3n) is 3.30. The van der Waals surface area contributed by atoms with Gasteiger partial charge >= 0.3 is 5.97 Å². The Morgan fingerprint density at radius 2 is 1.90 bits per heavy atom. The number of unbranched alkanes of at least 4 members (excludes halogenated alkanes) is 4. The van der Waals surface area contributed by atoms with E-state index in [0.717, 1.165) is 58.2 Å². The molecule has 1 unspecified atom stereocenters. The summed E-state index contributed by atoms with van der Waals surface area (Å²) in [6.07, 6.45) is 10.8. The second kappa shape index (κ2) is 11.9. The fourth-order valence-corrected chi connectivity index (χ4v) is 2.15. The summed E-state index contributed by atoms with van der Waals surface area (Å²) < 4.78 is 16.2. The molecule has 116 valence electrons. The van der Waals surface area contributed by atoms with E-state index in [1.54, 1.807) is 6.08 Å². The average Bonchev–Trinajstić information content (AvgIpc) is 2.47. The summed E-state index contributed by atoms with van der Waals surface area (Å²) in [4.78, 5) is 11.0. The molecule has 1 aliphatic heterocycles. The molecule has 0 amide bonds. The monoisotopic (exact) mass is 284 g/mol. The van der Waals surface area contributed by atoms with Crippen molar-refractivity contribution in [2.75, 3.05) is 19.8 Å². The van der Waals surface area contributed by atoms with E-state index in [9.17, 15) is 4.79 Å². The van der Waals surface area contributed by atoms with Gasteiger partial charge in [0.15, 0.2) is 6.29 Å². The molecule has 0 aromatic carbocycles. The van der Waals surface area contributed by atoms with Gasteiger partial charge in [-0.25, -0.2) is 0 Å². The van der Waals surface area contributed by atoms with Gasteiger partial charge in [-0.1, -0.05) is 25.3 Å². The standard InChI is InChI=1S/C16H28O4/c1-2-10-15(17)18-12-7-4-3-5-8-13-19-16-11-6-9-14-20-16/h2,16H,1,3-14H2. The summed E-state index contributed by atoms with van der Waals surface area (Å²) >= 11 is 0. The van der Waals surface area contributed by atoms with Crippen LogP contribution in [0.15, 0.2) is 12.7 Å². The summed E-state index contributed by atoms with van der Waals surface area (Å²) in [6, 6.07) is 0. The lowest BCUT2D eigenvalue weighted by atomic mass is 10.1. The van der Waals surface area contributed by atoms with Gasteiger partial charge in [-0.05, 0) is 32.1 Å². The van der Waals surface area contributed by atoms with Crippen molar-refractivity contribution in [2.24, 2.45) is 0 Å². The molecule has 1 fully saturated rings. The summed E-state index contributed by atoms with van der Waals surface area (Å²) in [6.45, 7) is 5.66. The van der Waals surface area contributed by atoms with Crippen molar-refractivity contribution in [3.05, 3.63) is 12.7 Å². The molecule has 0 saturated carbocycles. The molecule has 1 rings (SSSR count). The van der Waals surface area contributed by atoms with Crippen LogP contribution in [0.1, 0.15) is 57.8 Å². The zero-order valence-electron chi connectivity index (χ0n) is 12.5. The Kier molecular flexibility index (Phi) is 10.2. The van der Waals surface area contributed by atoms with Crippen LogP contribution in [-0.2, 0) is 19.0 Å². The lowest BCUT2D eigenvalue weighted by Crippen LogP contribution is -2.22. The third kappa shape index (κ3) is 9.10. The Hall–Kier alpha value is -0.870. The quantitative estimate of drug-likeness (QED) is 0.330. The lowest BCUT2D eigenvalue weighted by molar-refractivity contribution is -0.162. The van der Waals surface area contributed by atoms with Crippen molar-refractivity contribution in [2.45, 2.75) is 64.1 Å². The summed E-state index contributed by atoms with van der Waals surface area (Å²) in [7, 11) is 0. The minimum atomic E-state index is -0.180. The van der Waals surface area contributed by atoms with Gasteiger partial charge in [0.25, 0.3) is 0 Å². The Morgan fingerprint density at radius 1 is 1.15 bits per heavy atom. The fraction of sp³-hybridized carbons (Fsp3) is 0.812. The molecule has 0 aliphatic carbocycles. The van der Waals surface area contributed by atoms with Gasteiger partial charge < -0.3 is 14.2 Å². The van der Waals surface area contributed by atoms with Crippen LogP contribution >= 0.6 is 0 Å². The molecule has 1 atom stereocenters. The maximum atomic E-state index is 11.0. The van der Waals surface area contributed by atoms with Crippen LogP contribution in [0.5, 0.6) is 0 Å². The van der Waals surface area contributed by atoms with Crippen LogP contribution in [-0.4, -0.2) is 32.1 Å². The van der Waals surface area contributed by atoms with Crippen LogP contribution in [0.2, 0.25) is 0 Å². The molecule has 20 heavy (non-hydrogen) atoms. The van der Waals surface area contributed by atoms with Gasteiger partial charge in [-0.3, -0.25) is 4.79 Å². The number of hydrogen-bond donors (Lipinski definition) is 0. The average molecular weight is 284 g/mol. The molecule has 4 heteroatoms. The number of hydrogen-bond acceptors (Lipinski definition) is 4. The predicted molar refractivity (Wildman–Crippen MR) is 78.4 cm³/mol. The highest BCUT2D eigenvalue weighted by atomic mass is 16.7. The summed E-state index contributed by atoms with van der Waals surface area (Å²) in [5.74, 6) is -0.180. The normalized spacial score (nSPS) is 18.7. The Labute approximate surface area is 122 Å². The highest BCUT2D eigenvalue weighted by Gasteiger charge is 2.13. The minimum Gasteiger partial charge on any atom is -0.465 e. The smallest absolute Gasteiger partial charge is 0.309 e. The number of rotatable bonds is 11. The first kappa shape index (κ1) is 17.2. The highest BCUT2D eigenvalue weighted by Crippen LogP contribution is 2.14. The molecular formula is C16H28O4. The molecule has 4 nitrogen and oxygen atoms in total. The first-order chi connectivity index (χ1) is 9.83. The second-order valence-electron chi connectivity index (χ2n) is 5.15. The summed E-state index contributed by atoms with van der Waals surface area (Å²) in [5, 5.41) is 0. The van der Waals surface area contributed by atoms with Crippen LogP contribution in [0.25, 0.3) is 0 Å². The molecule has 0 spiro atoms. The van der Waals surface area contributed by atoms with Gasteiger partial charge in [0.05, 0.1) is 13.0 Å². The van der Waals surface area contributed by atoms with Gasteiger partial charge in [0.1, 0.15) is 0 Å². The SMILES string of the molecule is C=CCC(=O)OCCCCCCCOC1CCCCO1. The van der Waals surface area contributed by atoms with Crippen LogP contribution in [0.4, 0.5) is 0 Å². The second-order valence-corrected chi connectivity index (χ2v) is 5.15. The van der Waals surface area contributed by atoms with E-state index in [4.69, 9.17) is 14.2 Å². The summed E-state index contributed by atoms with van der Waals surface area (Å²) in [5.41, 5.74) is 0. The van der Waals surface area contributed by atoms with Crippen molar-refractivity contribution in [3.8, 4) is 0 Å². The Bertz CT molecular complexity index is 259. The van der Waals surface area contributed by atoms with Crippen LogP contribution < -0.4 is 0 Å². The van der Waals surface area contributed by atoms with Crippen molar-refractivity contribution < 1.29 is 19.0 Å². The largest absolute Gasteiger partial charge is 0.465 e. The van der Waals surface area contributed by atoms with Gasteiger partial charge in [0, 0.05) is 13.2 Å². The number of esters is 1. The molecule has 0 aromatic heterocycles. The zero-order chi connectivity index (χ0) is 14.5. The van der Waals surface area contributed by atoms with Gasteiger partial charge in [0.2, 0.25) is 0 Å². The van der Waals surface area contributed by atoms with E-state index in [2.05, 4.69) is 6.58 Å². The maximum Gasteiger partial charge on any atom is 0.309 e. The van der Waals surface area contributed by atoms with Crippen LogP contribution in [0, 0.1) is 0 Å². The van der Waals surface area contributed by atoms with E-state index in [1.807, 2.05) is 0 Å². The number of carbonyl (C=O) groups excluding carboxylic acids is 1. The highest BCUT2D eigenvalue weighted by molar-refractivity contribution is 5.70. The molecule has 1 heterocycles. The fourth-order valence-electron chi connectivity index (χ4n) is 2.15. The van der Waals surface area contributed by atoms with E-state index < -0.39 is 0 Å². The number of ether oxygens (including phenoxy) is 3. The van der Waals surface area contributed by atoms with Gasteiger partial charge in [-0.15, -0.1) is 6.58 Å². The third-order valence-corrected chi connectivity index (χ3v) is 3.30. The molecule has 0 bridgehead atoms. The van der Waals surface area contributed by atoms with Gasteiger partial charge in [-0.2, -0.15) is 0 Å². The molecule has 1 saturated heterocycles. The Balaban J connectivity index is 1.78. The number of carbonyl (C=O) groups is 1. The van der Waals surface area contributed by atoms with E-state index >= 15 is 0 Å². The lowest BCUT2D eigenvalue weighted by Gasteiger charge is -2.22. The van der Waals surface area contributed by atoms with E-state index in [0.29, 0.717) is 13.0 Å². The first-order valence-electron chi connectivity index (χ1n) is 7.82. The molecule has 1 aliphatic rings. The molecule has 0 N–H and O–H groups in total. The topological polar surface area (TPSA) is 44.8 Å². The van der Waals surface area contributed by atoms with Crippen molar-refractivity contribution in [1.82, 2.24) is 0 Å². The zero-order valence-corrected chi connectivity index (χ0v) is 12.5. The molecule has 0 aromatic rings. The predicted octanol–water partition coefficient (Wildman–Crippen LogP) is 3.60. The maximum absolute atomic E-state index is 11.0. The van der Waals surface area contributed by atoms with E-state index in [-0.39, 0.29) is 12.3 Å². The van der Waals surface area contributed by atoms with Crippen molar-refractivity contribution >= 4 is 5.97 Å². The van der Waals surface area contributed by atoms with E-state index in [1.165, 1.54) is 6.42 Å². The van der Waals surface area contributed by atoms with Crippen molar-refractivity contribution in [1.29, 1.82) is 0 Å². The van der Waals surface area contributed by atoms with Crippen LogP contribution in [0.3, 0.4) is 0 Å². The Morgan fingerprint density at radius 3 is 2.60 bits per heavy atom. The minimum absolute atomic E-state index is 0.0352. The van der Waals surface area contributed by atoms with Crippen molar-refractivity contribution in [3.63, 3.8) is 0 Å². The molecular weight excluding hydrogens is 256 g/mol.